The second-order valence-electron chi connectivity index (χ2n) is 5.29. The van der Waals surface area contributed by atoms with Gasteiger partial charge in [-0.3, -0.25) is 4.79 Å². The quantitative estimate of drug-likeness (QED) is 0.605. The fraction of sp³-hybridized carbons (Fsp3) is 0.222. The fourth-order valence-corrected chi connectivity index (χ4v) is 2.12. The molecular weight excluding hydrogens is 301 g/mol. The summed E-state index contributed by atoms with van der Waals surface area (Å²) in [5.41, 5.74) is 1.35. The average molecular weight is 321 g/mol. The zero-order chi connectivity index (χ0) is 15.9. The standard InChI is InChI=1S/C18H19NO3.Na.H/c1-13(18(20)21)10-15(19)11-14-6-5-9-17(12-14)22-16-7-3-2-4-8-16;;/h2-9,12-13,19H,10-11H2,1H3,(H,20,21);;. The minimum atomic E-state index is -0.870. The molecule has 0 fully saturated rings. The molecule has 2 aromatic rings. The number of hydrogen-bond donors (Lipinski definition) is 2. The topological polar surface area (TPSA) is 70.4 Å². The Hall–Kier alpha value is -1.62. The van der Waals surface area contributed by atoms with E-state index < -0.39 is 11.9 Å². The predicted molar refractivity (Wildman–Crippen MR) is 93.0 cm³/mol. The zero-order valence-electron chi connectivity index (χ0n) is 12.5. The molecule has 0 aliphatic heterocycles. The van der Waals surface area contributed by atoms with E-state index in [-0.39, 0.29) is 36.0 Å². The summed E-state index contributed by atoms with van der Waals surface area (Å²) in [6, 6.07) is 17.0. The average Bonchev–Trinajstić information content (AvgIpc) is 2.48. The third kappa shape index (κ3) is 6.57. The normalized spacial score (nSPS) is 11.2. The molecule has 0 saturated heterocycles. The Labute approximate surface area is 158 Å². The van der Waals surface area contributed by atoms with Gasteiger partial charge in [0.1, 0.15) is 11.5 Å². The van der Waals surface area contributed by atoms with Gasteiger partial charge in [0.05, 0.1) is 5.92 Å². The molecule has 1 atom stereocenters. The summed E-state index contributed by atoms with van der Waals surface area (Å²) in [7, 11) is 0. The molecule has 2 N–H and O–H groups in total. The van der Waals surface area contributed by atoms with Gasteiger partial charge in [-0.15, -0.1) is 0 Å². The molecule has 0 heterocycles. The van der Waals surface area contributed by atoms with Crippen LogP contribution in [0.1, 0.15) is 18.9 Å². The van der Waals surface area contributed by atoms with Gasteiger partial charge in [0, 0.05) is 12.1 Å². The van der Waals surface area contributed by atoms with E-state index in [0.29, 0.717) is 17.9 Å². The molecule has 116 valence electrons. The summed E-state index contributed by atoms with van der Waals surface area (Å²) in [5.74, 6) is 0.0687. The van der Waals surface area contributed by atoms with E-state index in [1.54, 1.807) is 6.92 Å². The van der Waals surface area contributed by atoms with Crippen molar-refractivity contribution in [3.05, 3.63) is 60.2 Å². The first-order valence-electron chi connectivity index (χ1n) is 7.15. The van der Waals surface area contributed by atoms with Gasteiger partial charge >= 0.3 is 35.5 Å². The summed E-state index contributed by atoms with van der Waals surface area (Å²) >= 11 is 0. The Kier molecular flexibility index (Phi) is 8.03. The molecule has 2 rings (SSSR count). The van der Waals surface area contributed by atoms with Crippen molar-refractivity contribution in [3.63, 3.8) is 0 Å². The van der Waals surface area contributed by atoms with Gasteiger partial charge in [-0.2, -0.15) is 0 Å². The van der Waals surface area contributed by atoms with Gasteiger partial charge in [0.2, 0.25) is 0 Å². The first kappa shape index (κ1) is 19.4. The Morgan fingerprint density at radius 1 is 1.13 bits per heavy atom. The van der Waals surface area contributed by atoms with E-state index >= 15 is 0 Å². The molecule has 0 aliphatic rings. The van der Waals surface area contributed by atoms with Crippen LogP contribution in [0.4, 0.5) is 0 Å². The van der Waals surface area contributed by atoms with Crippen molar-refractivity contribution in [3.8, 4) is 11.5 Å². The first-order valence-corrected chi connectivity index (χ1v) is 7.15. The number of carboxylic acids is 1. The number of rotatable bonds is 7. The van der Waals surface area contributed by atoms with Crippen LogP contribution < -0.4 is 4.74 Å². The van der Waals surface area contributed by atoms with Crippen LogP contribution in [-0.2, 0) is 11.2 Å². The van der Waals surface area contributed by atoms with Crippen LogP contribution in [-0.4, -0.2) is 46.3 Å². The first-order chi connectivity index (χ1) is 10.5. The number of para-hydroxylation sites is 1. The molecule has 0 aliphatic carbocycles. The Morgan fingerprint density at radius 2 is 1.78 bits per heavy atom. The van der Waals surface area contributed by atoms with Crippen molar-refractivity contribution in [2.24, 2.45) is 5.92 Å². The van der Waals surface area contributed by atoms with Gasteiger partial charge in [-0.25, -0.2) is 0 Å². The minimum absolute atomic E-state index is 0. The van der Waals surface area contributed by atoms with Crippen molar-refractivity contribution < 1.29 is 14.6 Å². The molecule has 0 saturated carbocycles. The van der Waals surface area contributed by atoms with E-state index in [1.165, 1.54) is 0 Å². The van der Waals surface area contributed by atoms with Crippen LogP contribution in [0.2, 0.25) is 0 Å². The van der Waals surface area contributed by atoms with E-state index in [0.717, 1.165) is 11.3 Å². The molecule has 0 spiro atoms. The zero-order valence-corrected chi connectivity index (χ0v) is 12.5. The predicted octanol–water partition coefficient (Wildman–Crippen LogP) is 3.50. The van der Waals surface area contributed by atoms with Crippen LogP contribution in [0.5, 0.6) is 11.5 Å². The third-order valence-corrected chi connectivity index (χ3v) is 3.27. The summed E-state index contributed by atoms with van der Waals surface area (Å²) < 4.78 is 5.76. The van der Waals surface area contributed by atoms with Gasteiger partial charge in [-0.05, 0) is 36.2 Å². The molecule has 5 heteroatoms. The van der Waals surface area contributed by atoms with Crippen LogP contribution in [0.15, 0.2) is 54.6 Å². The number of hydrogen-bond acceptors (Lipinski definition) is 3. The molecule has 0 aromatic heterocycles. The summed E-state index contributed by atoms with van der Waals surface area (Å²) in [4.78, 5) is 10.8. The SMILES string of the molecule is CC(CC(=N)Cc1cccc(Oc2ccccc2)c1)C(=O)O.[NaH]. The van der Waals surface area contributed by atoms with Crippen molar-refractivity contribution >= 4 is 41.2 Å². The second-order valence-corrected chi connectivity index (χ2v) is 5.29. The summed E-state index contributed by atoms with van der Waals surface area (Å²) in [6.07, 6.45) is 0.697. The molecule has 0 radical (unpaired) electrons. The number of carboxylic acid groups (broad SMARTS) is 1. The number of carbonyl (C=O) groups is 1. The van der Waals surface area contributed by atoms with Crippen molar-refractivity contribution in [2.75, 3.05) is 0 Å². The molecule has 2 aromatic carbocycles. The molecule has 0 amide bonds. The molecule has 23 heavy (non-hydrogen) atoms. The molecule has 1 unspecified atom stereocenters. The van der Waals surface area contributed by atoms with Crippen molar-refractivity contribution in [1.82, 2.24) is 0 Å². The van der Waals surface area contributed by atoms with Gasteiger partial charge in [0.25, 0.3) is 0 Å². The molecular formula is C18H20NNaO3. The monoisotopic (exact) mass is 321 g/mol. The van der Waals surface area contributed by atoms with Gasteiger partial charge < -0.3 is 15.3 Å². The van der Waals surface area contributed by atoms with E-state index in [4.69, 9.17) is 15.3 Å². The molecule has 0 bridgehead atoms. The van der Waals surface area contributed by atoms with E-state index in [9.17, 15) is 4.79 Å². The van der Waals surface area contributed by atoms with E-state index in [1.807, 2.05) is 54.6 Å². The number of aliphatic carboxylic acids is 1. The van der Waals surface area contributed by atoms with Gasteiger partial charge in [0.15, 0.2) is 0 Å². The van der Waals surface area contributed by atoms with E-state index in [2.05, 4.69) is 0 Å². The fourth-order valence-electron chi connectivity index (χ4n) is 2.12. The number of benzene rings is 2. The van der Waals surface area contributed by atoms with Crippen LogP contribution in [0, 0.1) is 11.3 Å². The van der Waals surface area contributed by atoms with Crippen LogP contribution in [0.3, 0.4) is 0 Å². The van der Waals surface area contributed by atoms with Crippen molar-refractivity contribution in [1.29, 1.82) is 5.41 Å². The Bertz CT molecular complexity index is 658. The van der Waals surface area contributed by atoms with Crippen LogP contribution >= 0.6 is 0 Å². The van der Waals surface area contributed by atoms with Gasteiger partial charge in [-0.1, -0.05) is 37.3 Å². The number of nitrogens with one attached hydrogen (secondary N) is 1. The summed E-state index contributed by atoms with van der Waals surface area (Å²) in [5, 5.41) is 16.8. The Morgan fingerprint density at radius 3 is 2.43 bits per heavy atom. The maximum absolute atomic E-state index is 10.8. The third-order valence-electron chi connectivity index (χ3n) is 3.27. The van der Waals surface area contributed by atoms with Crippen LogP contribution in [0.25, 0.3) is 0 Å². The maximum atomic E-state index is 10.8. The molecule has 4 nitrogen and oxygen atoms in total. The second kappa shape index (κ2) is 9.50. The summed E-state index contributed by atoms with van der Waals surface area (Å²) in [6.45, 7) is 1.62. The Balaban J connectivity index is 0.00000264. The van der Waals surface area contributed by atoms with Crippen molar-refractivity contribution in [2.45, 2.75) is 19.8 Å². The number of ether oxygens (including phenoxy) is 1.